The van der Waals surface area contributed by atoms with Crippen LogP contribution in [0.1, 0.15) is 17.3 Å². The van der Waals surface area contributed by atoms with Gasteiger partial charge in [-0.3, -0.25) is 9.36 Å². The number of para-hydroxylation sites is 2. The quantitative estimate of drug-likeness (QED) is 0.489. The molecule has 1 aromatic heterocycles. The topological polar surface area (TPSA) is 60.3 Å². The predicted molar refractivity (Wildman–Crippen MR) is 108 cm³/mol. The van der Waals surface area contributed by atoms with E-state index in [0.717, 1.165) is 10.9 Å². The number of carbonyl (C=O) groups excluding carboxylic acids is 1. The van der Waals surface area contributed by atoms with Crippen molar-refractivity contribution in [3.05, 3.63) is 70.5 Å². The van der Waals surface area contributed by atoms with E-state index < -0.39 is 11.5 Å². The summed E-state index contributed by atoms with van der Waals surface area (Å²) in [5.41, 5.74) is 1.57. The minimum absolute atomic E-state index is 0.0235. The molecule has 1 N–H and O–H groups in total. The minimum atomic E-state index is -0.620. The number of pyridine rings is 1. The second-order valence-corrected chi connectivity index (χ2v) is 6.37. The van der Waals surface area contributed by atoms with Crippen molar-refractivity contribution in [2.45, 2.75) is 6.92 Å². The molecule has 26 heavy (non-hydrogen) atoms. The summed E-state index contributed by atoms with van der Waals surface area (Å²) in [6.45, 7) is 2.50. The monoisotopic (exact) mass is 414 g/mol. The molecular formula is C20H19BrN2O3. The van der Waals surface area contributed by atoms with Crippen LogP contribution in [0, 0.1) is 0 Å². The fourth-order valence-electron chi connectivity index (χ4n) is 2.92. The molecule has 0 atom stereocenters. The van der Waals surface area contributed by atoms with Crippen molar-refractivity contribution in [3.63, 3.8) is 0 Å². The van der Waals surface area contributed by atoms with Crippen LogP contribution in [-0.4, -0.2) is 29.0 Å². The van der Waals surface area contributed by atoms with Gasteiger partial charge in [-0.2, -0.15) is 0 Å². The number of nitrogens with zero attached hydrogens (tertiary/aromatic N) is 1. The molecule has 0 aliphatic carbocycles. The number of hydrogen-bond acceptors (Lipinski definition) is 4. The molecule has 0 spiro atoms. The standard InChI is InChI=1S/C20H19BrN2O3/c1-2-26-20(25)17-18(22-13-12-21)15-10-6-7-11-16(15)23(19(17)24)14-8-4-3-5-9-14/h3-11,22H,2,12-13H2,1H3. The molecule has 0 saturated heterocycles. The van der Waals surface area contributed by atoms with Gasteiger partial charge in [0, 0.05) is 22.9 Å². The van der Waals surface area contributed by atoms with Gasteiger partial charge in [0.05, 0.1) is 17.8 Å². The van der Waals surface area contributed by atoms with Crippen molar-refractivity contribution in [1.29, 1.82) is 0 Å². The van der Waals surface area contributed by atoms with E-state index in [1.165, 1.54) is 0 Å². The summed E-state index contributed by atoms with van der Waals surface area (Å²) in [5, 5.41) is 4.68. The van der Waals surface area contributed by atoms with E-state index in [-0.39, 0.29) is 12.2 Å². The number of alkyl halides is 1. The molecule has 0 aliphatic rings. The highest BCUT2D eigenvalue weighted by Gasteiger charge is 2.23. The highest BCUT2D eigenvalue weighted by molar-refractivity contribution is 9.09. The highest BCUT2D eigenvalue weighted by atomic mass is 79.9. The summed E-state index contributed by atoms with van der Waals surface area (Å²) >= 11 is 3.37. The van der Waals surface area contributed by atoms with E-state index in [9.17, 15) is 9.59 Å². The zero-order chi connectivity index (χ0) is 18.5. The normalized spacial score (nSPS) is 10.7. The number of ether oxygens (including phenoxy) is 1. The van der Waals surface area contributed by atoms with Gasteiger partial charge in [0.2, 0.25) is 0 Å². The van der Waals surface area contributed by atoms with Crippen molar-refractivity contribution in [1.82, 2.24) is 4.57 Å². The first-order valence-corrected chi connectivity index (χ1v) is 9.51. The molecule has 2 aromatic carbocycles. The molecule has 3 aromatic rings. The summed E-state index contributed by atoms with van der Waals surface area (Å²) in [7, 11) is 0. The number of nitrogens with one attached hydrogen (secondary N) is 1. The molecule has 6 heteroatoms. The minimum Gasteiger partial charge on any atom is -0.462 e. The molecule has 134 valence electrons. The van der Waals surface area contributed by atoms with Crippen LogP contribution in [0.15, 0.2) is 59.4 Å². The first kappa shape index (κ1) is 18.2. The second kappa shape index (κ2) is 8.19. The van der Waals surface area contributed by atoms with Gasteiger partial charge in [0.25, 0.3) is 5.56 Å². The van der Waals surface area contributed by atoms with Crippen LogP contribution in [0.5, 0.6) is 0 Å². The summed E-state index contributed by atoms with van der Waals surface area (Å²) in [4.78, 5) is 25.9. The Balaban J connectivity index is 2.40. The summed E-state index contributed by atoms with van der Waals surface area (Å²) in [6, 6.07) is 16.8. The van der Waals surface area contributed by atoms with E-state index in [4.69, 9.17) is 4.74 Å². The van der Waals surface area contributed by atoms with Crippen LogP contribution >= 0.6 is 15.9 Å². The maximum absolute atomic E-state index is 13.3. The van der Waals surface area contributed by atoms with Crippen LogP contribution in [0.4, 0.5) is 5.69 Å². The number of rotatable bonds is 6. The number of fused-ring (bicyclic) bond motifs is 1. The molecule has 0 amide bonds. The number of aromatic nitrogens is 1. The fraction of sp³-hybridized carbons (Fsp3) is 0.200. The maximum Gasteiger partial charge on any atom is 0.345 e. The summed E-state index contributed by atoms with van der Waals surface area (Å²) in [5.74, 6) is -0.620. The highest BCUT2D eigenvalue weighted by Crippen LogP contribution is 2.27. The number of halogens is 1. The molecular weight excluding hydrogens is 396 g/mol. The van der Waals surface area contributed by atoms with Gasteiger partial charge in [-0.1, -0.05) is 52.3 Å². The molecule has 0 radical (unpaired) electrons. The zero-order valence-corrected chi connectivity index (χ0v) is 16.0. The smallest absolute Gasteiger partial charge is 0.345 e. The van der Waals surface area contributed by atoms with Crippen LogP contribution in [-0.2, 0) is 4.74 Å². The third kappa shape index (κ3) is 3.37. The number of carbonyl (C=O) groups is 1. The number of esters is 1. The molecule has 3 rings (SSSR count). The maximum atomic E-state index is 13.3. The number of benzene rings is 2. The van der Waals surface area contributed by atoms with Crippen molar-refractivity contribution < 1.29 is 9.53 Å². The second-order valence-electron chi connectivity index (χ2n) is 5.58. The molecule has 0 saturated carbocycles. The first-order chi connectivity index (χ1) is 12.7. The zero-order valence-electron chi connectivity index (χ0n) is 14.4. The van der Waals surface area contributed by atoms with Crippen molar-refractivity contribution in [2.75, 3.05) is 23.8 Å². The molecule has 0 fully saturated rings. The first-order valence-electron chi connectivity index (χ1n) is 8.39. The Morgan fingerprint density at radius 2 is 1.81 bits per heavy atom. The van der Waals surface area contributed by atoms with E-state index in [0.29, 0.717) is 23.2 Å². The van der Waals surface area contributed by atoms with E-state index in [1.807, 2.05) is 54.6 Å². The van der Waals surface area contributed by atoms with Crippen LogP contribution < -0.4 is 10.9 Å². The summed E-state index contributed by atoms with van der Waals surface area (Å²) in [6.07, 6.45) is 0. The predicted octanol–water partition coefficient (Wildman–Crippen LogP) is 3.97. The lowest BCUT2D eigenvalue weighted by Crippen LogP contribution is -2.29. The Bertz CT molecular complexity index is 984. The third-order valence-electron chi connectivity index (χ3n) is 3.97. The lowest BCUT2D eigenvalue weighted by atomic mass is 10.1. The Morgan fingerprint density at radius 3 is 2.50 bits per heavy atom. The van der Waals surface area contributed by atoms with Gasteiger partial charge in [0.1, 0.15) is 5.56 Å². The van der Waals surface area contributed by atoms with Gasteiger partial charge >= 0.3 is 5.97 Å². The Morgan fingerprint density at radius 1 is 1.12 bits per heavy atom. The lowest BCUT2D eigenvalue weighted by Gasteiger charge is -2.18. The molecule has 0 unspecified atom stereocenters. The van der Waals surface area contributed by atoms with E-state index in [2.05, 4.69) is 21.2 Å². The largest absolute Gasteiger partial charge is 0.462 e. The van der Waals surface area contributed by atoms with Crippen LogP contribution in [0.2, 0.25) is 0 Å². The molecule has 0 aliphatic heterocycles. The Labute approximate surface area is 159 Å². The number of hydrogen-bond donors (Lipinski definition) is 1. The van der Waals surface area contributed by atoms with Crippen molar-refractivity contribution in [3.8, 4) is 5.69 Å². The number of anilines is 1. The van der Waals surface area contributed by atoms with Gasteiger partial charge < -0.3 is 10.1 Å². The van der Waals surface area contributed by atoms with E-state index >= 15 is 0 Å². The van der Waals surface area contributed by atoms with Gasteiger partial charge in [-0.25, -0.2) is 4.79 Å². The van der Waals surface area contributed by atoms with Gasteiger partial charge in [0.15, 0.2) is 0 Å². The fourth-order valence-corrected chi connectivity index (χ4v) is 3.12. The van der Waals surface area contributed by atoms with Crippen LogP contribution in [0.3, 0.4) is 0 Å². The third-order valence-corrected chi connectivity index (χ3v) is 4.37. The summed E-state index contributed by atoms with van der Waals surface area (Å²) < 4.78 is 6.72. The van der Waals surface area contributed by atoms with Crippen molar-refractivity contribution >= 4 is 38.5 Å². The van der Waals surface area contributed by atoms with Gasteiger partial charge in [-0.05, 0) is 25.1 Å². The van der Waals surface area contributed by atoms with E-state index in [1.54, 1.807) is 11.5 Å². The SMILES string of the molecule is CCOC(=O)c1c(NCCBr)c2ccccc2n(-c2ccccc2)c1=O. The average molecular weight is 415 g/mol. The lowest BCUT2D eigenvalue weighted by molar-refractivity contribution is 0.0525. The average Bonchev–Trinajstić information content (AvgIpc) is 2.66. The molecule has 1 heterocycles. The van der Waals surface area contributed by atoms with Crippen LogP contribution in [0.25, 0.3) is 16.6 Å². The van der Waals surface area contributed by atoms with Crippen molar-refractivity contribution in [2.24, 2.45) is 0 Å². The Kier molecular flexibility index (Phi) is 5.73. The molecule has 0 bridgehead atoms. The Hall–Kier alpha value is -2.60. The molecule has 5 nitrogen and oxygen atoms in total. The van der Waals surface area contributed by atoms with Gasteiger partial charge in [-0.15, -0.1) is 0 Å².